The van der Waals surface area contributed by atoms with Gasteiger partial charge in [-0.2, -0.15) is 0 Å². The molecule has 1 aromatic carbocycles. The molecule has 0 spiro atoms. The van der Waals surface area contributed by atoms with Gasteiger partial charge in [0.05, 0.1) is 5.69 Å². The zero-order valence-corrected chi connectivity index (χ0v) is 18.8. The smallest absolute Gasteiger partial charge is 0.225 e. The van der Waals surface area contributed by atoms with Crippen LogP contribution in [0.4, 0.5) is 10.3 Å². The van der Waals surface area contributed by atoms with Gasteiger partial charge >= 0.3 is 0 Å². The van der Waals surface area contributed by atoms with Crippen molar-refractivity contribution in [2.75, 3.05) is 32.1 Å². The van der Waals surface area contributed by atoms with E-state index in [9.17, 15) is 9.18 Å². The predicted molar refractivity (Wildman–Crippen MR) is 122 cm³/mol. The molecule has 3 aromatic rings. The molecule has 168 valence electrons. The highest BCUT2D eigenvalue weighted by Gasteiger charge is 2.28. The van der Waals surface area contributed by atoms with Gasteiger partial charge in [-0.05, 0) is 37.5 Å². The van der Waals surface area contributed by atoms with Gasteiger partial charge in [-0.25, -0.2) is 19.3 Å². The minimum absolute atomic E-state index is 0.0719. The number of carbonyl (C=O) groups excluding carboxylic acids is 1. The summed E-state index contributed by atoms with van der Waals surface area (Å²) in [5.41, 5.74) is 2.45. The first kappa shape index (κ1) is 21.9. The second kappa shape index (κ2) is 9.46. The van der Waals surface area contributed by atoms with Gasteiger partial charge in [0.15, 0.2) is 0 Å². The van der Waals surface area contributed by atoms with Gasteiger partial charge in [0.25, 0.3) is 0 Å². The van der Waals surface area contributed by atoms with E-state index in [0.717, 1.165) is 42.0 Å². The van der Waals surface area contributed by atoms with E-state index in [2.05, 4.69) is 9.97 Å². The molecule has 0 unspecified atom stereocenters. The molecule has 1 amide bonds. The normalized spacial score (nSPS) is 16.2. The van der Waals surface area contributed by atoms with Gasteiger partial charge in [-0.1, -0.05) is 12.1 Å². The molecule has 3 heterocycles. The summed E-state index contributed by atoms with van der Waals surface area (Å²) in [6, 6.07) is 6.51. The fourth-order valence-electron chi connectivity index (χ4n) is 4.23. The van der Waals surface area contributed by atoms with Gasteiger partial charge in [0.1, 0.15) is 11.6 Å². The van der Waals surface area contributed by atoms with Crippen molar-refractivity contribution in [3.63, 3.8) is 0 Å². The Morgan fingerprint density at radius 2 is 2.12 bits per heavy atom. The van der Waals surface area contributed by atoms with E-state index in [4.69, 9.17) is 4.98 Å². The lowest BCUT2D eigenvalue weighted by molar-refractivity contribution is -0.132. The van der Waals surface area contributed by atoms with Crippen LogP contribution < -0.4 is 4.90 Å². The van der Waals surface area contributed by atoms with Crippen LogP contribution in [0.2, 0.25) is 0 Å². The topological polar surface area (TPSA) is 67.2 Å². The number of likely N-dealkylation sites (tertiary alicyclic amines) is 1. The van der Waals surface area contributed by atoms with Crippen LogP contribution in [-0.2, 0) is 11.3 Å². The van der Waals surface area contributed by atoms with Crippen molar-refractivity contribution < 1.29 is 9.18 Å². The molecular formula is C24H29FN6O. The standard InChI is InChI=1S/C24H29FN6O/c1-17-26-10-13-30(17)12-9-22(32)31-11-5-7-19(16-31)23-21(15-27-24(28-23)29(2)3)18-6-4-8-20(25)14-18/h4,6,8,10,13-15,19H,5,7,9,11-12,16H2,1-3H3/t19-/m1/s1. The Bertz CT molecular complexity index is 1100. The van der Waals surface area contributed by atoms with Gasteiger partial charge in [0, 0.05) is 70.2 Å². The zero-order chi connectivity index (χ0) is 22.7. The summed E-state index contributed by atoms with van der Waals surface area (Å²) in [4.78, 5) is 30.3. The third-order valence-corrected chi connectivity index (χ3v) is 5.99. The molecule has 1 aliphatic rings. The highest BCUT2D eigenvalue weighted by molar-refractivity contribution is 5.76. The van der Waals surface area contributed by atoms with E-state index in [1.807, 2.05) is 47.6 Å². The molecule has 8 heteroatoms. The Hall–Kier alpha value is -3.29. The first-order valence-corrected chi connectivity index (χ1v) is 11.0. The number of anilines is 1. The number of piperidine rings is 1. The van der Waals surface area contributed by atoms with Crippen LogP contribution in [0, 0.1) is 12.7 Å². The summed E-state index contributed by atoms with van der Waals surface area (Å²) in [6.07, 6.45) is 7.70. The molecule has 1 aliphatic heterocycles. The molecule has 0 radical (unpaired) electrons. The Labute approximate surface area is 187 Å². The highest BCUT2D eigenvalue weighted by atomic mass is 19.1. The number of hydrogen-bond donors (Lipinski definition) is 0. The maximum absolute atomic E-state index is 13.9. The van der Waals surface area contributed by atoms with Gasteiger partial charge in [0.2, 0.25) is 11.9 Å². The van der Waals surface area contributed by atoms with Crippen LogP contribution in [0.5, 0.6) is 0 Å². The van der Waals surface area contributed by atoms with Crippen LogP contribution >= 0.6 is 0 Å². The van der Waals surface area contributed by atoms with Crippen molar-refractivity contribution in [3.8, 4) is 11.1 Å². The zero-order valence-electron chi connectivity index (χ0n) is 18.8. The lowest BCUT2D eigenvalue weighted by Crippen LogP contribution is -2.39. The lowest BCUT2D eigenvalue weighted by atomic mass is 9.89. The number of benzene rings is 1. The Morgan fingerprint density at radius 1 is 1.28 bits per heavy atom. The molecule has 1 atom stereocenters. The summed E-state index contributed by atoms with van der Waals surface area (Å²) < 4.78 is 15.9. The number of rotatable bonds is 6. The van der Waals surface area contributed by atoms with E-state index >= 15 is 0 Å². The number of halogens is 1. The maximum atomic E-state index is 13.9. The third-order valence-electron chi connectivity index (χ3n) is 5.99. The van der Waals surface area contributed by atoms with Crippen molar-refractivity contribution >= 4 is 11.9 Å². The second-order valence-electron chi connectivity index (χ2n) is 8.47. The summed E-state index contributed by atoms with van der Waals surface area (Å²) >= 11 is 0. The average Bonchev–Trinajstić information content (AvgIpc) is 3.21. The SMILES string of the molecule is Cc1nccn1CCC(=O)N1CCC[C@@H](c2nc(N(C)C)ncc2-c2cccc(F)c2)C1. The number of amides is 1. The molecule has 0 aliphatic carbocycles. The van der Waals surface area contributed by atoms with Crippen LogP contribution in [0.3, 0.4) is 0 Å². The van der Waals surface area contributed by atoms with Crippen LogP contribution in [0.15, 0.2) is 42.9 Å². The largest absolute Gasteiger partial charge is 0.347 e. The third kappa shape index (κ3) is 4.79. The summed E-state index contributed by atoms with van der Waals surface area (Å²) in [7, 11) is 3.80. The minimum Gasteiger partial charge on any atom is -0.347 e. The molecule has 4 rings (SSSR count). The number of nitrogens with zero attached hydrogens (tertiary/aromatic N) is 6. The average molecular weight is 437 g/mol. The number of imidazole rings is 1. The van der Waals surface area contributed by atoms with Gasteiger partial charge in [-0.15, -0.1) is 0 Å². The highest BCUT2D eigenvalue weighted by Crippen LogP contribution is 2.34. The Morgan fingerprint density at radius 3 is 2.84 bits per heavy atom. The fraction of sp³-hybridized carbons (Fsp3) is 0.417. The fourth-order valence-corrected chi connectivity index (χ4v) is 4.23. The maximum Gasteiger partial charge on any atom is 0.225 e. The van der Waals surface area contributed by atoms with Crippen molar-refractivity contribution in [2.45, 2.75) is 38.6 Å². The minimum atomic E-state index is -0.291. The van der Waals surface area contributed by atoms with Crippen molar-refractivity contribution in [3.05, 3.63) is 60.2 Å². The van der Waals surface area contributed by atoms with Crippen molar-refractivity contribution in [2.24, 2.45) is 0 Å². The molecule has 0 N–H and O–H groups in total. The van der Waals surface area contributed by atoms with E-state index in [-0.39, 0.29) is 17.6 Å². The molecule has 1 saturated heterocycles. The van der Waals surface area contributed by atoms with Crippen molar-refractivity contribution in [1.82, 2.24) is 24.4 Å². The summed E-state index contributed by atoms with van der Waals surface area (Å²) in [5.74, 6) is 1.44. The predicted octanol–water partition coefficient (Wildman–Crippen LogP) is 3.65. The molecule has 2 aromatic heterocycles. The van der Waals surface area contributed by atoms with Gasteiger partial charge in [-0.3, -0.25) is 4.79 Å². The number of carbonyl (C=O) groups is 1. The number of hydrogen-bond acceptors (Lipinski definition) is 5. The summed E-state index contributed by atoms with van der Waals surface area (Å²) in [5, 5.41) is 0. The second-order valence-corrected chi connectivity index (χ2v) is 8.47. The first-order chi connectivity index (χ1) is 15.4. The lowest BCUT2D eigenvalue weighted by Gasteiger charge is -2.33. The summed E-state index contributed by atoms with van der Waals surface area (Å²) in [6.45, 7) is 3.92. The van der Waals surface area contributed by atoms with Crippen LogP contribution in [0.1, 0.15) is 36.7 Å². The van der Waals surface area contributed by atoms with E-state index < -0.39 is 0 Å². The number of aromatic nitrogens is 4. The monoisotopic (exact) mass is 436 g/mol. The molecule has 0 saturated carbocycles. The number of aryl methyl sites for hydroxylation is 2. The van der Waals surface area contributed by atoms with Crippen LogP contribution in [0.25, 0.3) is 11.1 Å². The Kier molecular flexibility index (Phi) is 6.48. The first-order valence-electron chi connectivity index (χ1n) is 11.0. The van der Waals surface area contributed by atoms with E-state index in [1.54, 1.807) is 18.5 Å². The molecule has 1 fully saturated rings. The Balaban J connectivity index is 1.57. The van der Waals surface area contributed by atoms with Gasteiger partial charge < -0.3 is 14.4 Å². The van der Waals surface area contributed by atoms with E-state index in [1.165, 1.54) is 12.1 Å². The molecular weight excluding hydrogens is 407 g/mol. The van der Waals surface area contributed by atoms with E-state index in [0.29, 0.717) is 25.5 Å². The quantitative estimate of drug-likeness (QED) is 0.590. The molecule has 0 bridgehead atoms. The molecule has 7 nitrogen and oxygen atoms in total. The van der Waals surface area contributed by atoms with Crippen LogP contribution in [-0.4, -0.2) is 57.5 Å². The molecule has 32 heavy (non-hydrogen) atoms. The van der Waals surface area contributed by atoms with Crippen molar-refractivity contribution in [1.29, 1.82) is 0 Å².